The minimum Gasteiger partial charge on any atom is -0.489 e. The molecule has 0 bridgehead atoms. The van der Waals surface area contributed by atoms with Crippen molar-refractivity contribution in [3.05, 3.63) is 24.0 Å². The molecule has 1 amide bonds. The molecule has 0 saturated heterocycles. The van der Waals surface area contributed by atoms with Crippen LogP contribution in [0.5, 0.6) is 5.75 Å². The number of hydrogen-bond donors (Lipinski definition) is 1. The lowest BCUT2D eigenvalue weighted by molar-refractivity contribution is -0.118. The number of benzene rings is 1. The number of amides is 1. The van der Waals surface area contributed by atoms with Gasteiger partial charge in [0.05, 0.1) is 12.2 Å². The maximum absolute atomic E-state index is 13.0. The highest BCUT2D eigenvalue weighted by atomic mass is 19.1. The van der Waals surface area contributed by atoms with Crippen LogP contribution in [0.25, 0.3) is 0 Å². The average molecular weight is 238 g/mol. The van der Waals surface area contributed by atoms with Crippen LogP contribution >= 0.6 is 0 Å². The Labute approximate surface area is 99.4 Å². The Kier molecular flexibility index (Phi) is 3.58. The first kappa shape index (κ1) is 11.9. The van der Waals surface area contributed by atoms with E-state index in [1.54, 1.807) is 18.0 Å². The molecule has 1 aliphatic rings. The fraction of sp³-hybridized carbons (Fsp3) is 0.417. The van der Waals surface area contributed by atoms with E-state index in [4.69, 9.17) is 4.74 Å². The van der Waals surface area contributed by atoms with Gasteiger partial charge in [-0.1, -0.05) is 0 Å². The number of carbonyl (C=O) groups is 1. The lowest BCUT2D eigenvalue weighted by atomic mass is 10.2. The van der Waals surface area contributed by atoms with Gasteiger partial charge in [-0.05, 0) is 19.2 Å². The number of nitrogens with zero attached hydrogens (tertiary/aromatic N) is 1. The number of nitrogens with one attached hydrogen (secondary N) is 1. The second-order valence-electron chi connectivity index (χ2n) is 3.86. The zero-order valence-corrected chi connectivity index (χ0v) is 9.70. The summed E-state index contributed by atoms with van der Waals surface area (Å²) in [6, 6.07) is 4.24. The maximum atomic E-state index is 13.0. The molecule has 1 aromatic carbocycles. The van der Waals surface area contributed by atoms with Gasteiger partial charge in [0, 0.05) is 19.0 Å². The van der Waals surface area contributed by atoms with E-state index in [1.807, 2.05) is 0 Å². The first-order valence-corrected chi connectivity index (χ1v) is 5.59. The zero-order valence-electron chi connectivity index (χ0n) is 9.70. The smallest absolute Gasteiger partial charge is 0.228 e. The van der Waals surface area contributed by atoms with Crippen molar-refractivity contribution in [2.45, 2.75) is 6.42 Å². The van der Waals surface area contributed by atoms with E-state index in [0.29, 0.717) is 37.6 Å². The summed E-state index contributed by atoms with van der Waals surface area (Å²) in [5.74, 6) is 0.109. The fourth-order valence-electron chi connectivity index (χ4n) is 1.82. The summed E-state index contributed by atoms with van der Waals surface area (Å²) in [6.45, 7) is 1.55. The summed E-state index contributed by atoms with van der Waals surface area (Å²) >= 11 is 0. The van der Waals surface area contributed by atoms with Crippen LogP contribution in [0.1, 0.15) is 6.42 Å². The normalized spacial score (nSPS) is 14.1. The van der Waals surface area contributed by atoms with Gasteiger partial charge in [0.1, 0.15) is 18.2 Å². The van der Waals surface area contributed by atoms with E-state index >= 15 is 0 Å². The summed E-state index contributed by atoms with van der Waals surface area (Å²) in [6.07, 6.45) is 0.424. The van der Waals surface area contributed by atoms with Gasteiger partial charge >= 0.3 is 0 Å². The molecule has 1 heterocycles. The second-order valence-corrected chi connectivity index (χ2v) is 3.86. The number of rotatable bonds is 3. The van der Waals surface area contributed by atoms with Crippen molar-refractivity contribution in [1.29, 1.82) is 0 Å². The molecule has 0 unspecified atom stereocenters. The van der Waals surface area contributed by atoms with Gasteiger partial charge in [-0.15, -0.1) is 0 Å². The number of fused-ring (bicyclic) bond motifs is 1. The molecule has 5 heteroatoms. The van der Waals surface area contributed by atoms with E-state index < -0.39 is 0 Å². The average Bonchev–Trinajstić information content (AvgIpc) is 2.34. The van der Waals surface area contributed by atoms with Gasteiger partial charge in [0.15, 0.2) is 0 Å². The first-order chi connectivity index (χ1) is 8.22. The third-order valence-electron chi connectivity index (χ3n) is 2.68. The Hall–Kier alpha value is -1.62. The molecule has 0 saturated carbocycles. The predicted octanol–water partition coefficient (Wildman–Crippen LogP) is 1.16. The van der Waals surface area contributed by atoms with E-state index in [1.165, 1.54) is 12.1 Å². The van der Waals surface area contributed by atoms with Crippen molar-refractivity contribution in [1.82, 2.24) is 5.32 Å². The number of ether oxygens (including phenoxy) is 1. The lowest BCUT2D eigenvalue weighted by Gasteiger charge is -2.29. The van der Waals surface area contributed by atoms with Gasteiger partial charge in [-0.3, -0.25) is 4.79 Å². The summed E-state index contributed by atoms with van der Waals surface area (Å²) in [5, 5.41) is 2.93. The molecule has 17 heavy (non-hydrogen) atoms. The topological polar surface area (TPSA) is 41.6 Å². The van der Waals surface area contributed by atoms with Crippen LogP contribution < -0.4 is 15.0 Å². The third-order valence-corrected chi connectivity index (χ3v) is 2.68. The minimum atomic E-state index is -0.353. The molecule has 92 valence electrons. The number of carbonyl (C=O) groups excluding carboxylic acids is 1. The first-order valence-electron chi connectivity index (χ1n) is 5.59. The highest BCUT2D eigenvalue weighted by Crippen LogP contribution is 2.32. The van der Waals surface area contributed by atoms with Crippen LogP contribution in [0, 0.1) is 5.82 Å². The lowest BCUT2D eigenvalue weighted by Crippen LogP contribution is -2.39. The third kappa shape index (κ3) is 2.55. The summed E-state index contributed by atoms with van der Waals surface area (Å²) in [7, 11) is 1.80. The van der Waals surface area contributed by atoms with Crippen LogP contribution in [0.3, 0.4) is 0 Å². The number of anilines is 1. The minimum absolute atomic E-state index is 0.0236. The van der Waals surface area contributed by atoms with E-state index in [-0.39, 0.29) is 11.7 Å². The Morgan fingerprint density at radius 2 is 2.41 bits per heavy atom. The monoisotopic (exact) mass is 238 g/mol. The maximum Gasteiger partial charge on any atom is 0.228 e. The Bertz CT molecular complexity index is 423. The molecule has 2 rings (SSSR count). The summed E-state index contributed by atoms with van der Waals surface area (Å²) < 4.78 is 18.4. The van der Waals surface area contributed by atoms with Gasteiger partial charge in [0.2, 0.25) is 5.91 Å². The molecule has 1 aliphatic heterocycles. The molecule has 0 radical (unpaired) electrons. The van der Waals surface area contributed by atoms with Crippen LogP contribution in [0.2, 0.25) is 0 Å². The molecule has 1 N–H and O–H groups in total. The van der Waals surface area contributed by atoms with Crippen LogP contribution in [0.15, 0.2) is 18.2 Å². The molecule has 0 aromatic heterocycles. The van der Waals surface area contributed by atoms with Crippen molar-refractivity contribution in [2.24, 2.45) is 0 Å². The van der Waals surface area contributed by atoms with Gasteiger partial charge in [-0.25, -0.2) is 4.39 Å². The summed E-state index contributed by atoms with van der Waals surface area (Å²) in [5.41, 5.74) is 0.652. The number of halogens is 1. The van der Waals surface area contributed by atoms with E-state index in [0.717, 1.165) is 0 Å². The molecular weight excluding hydrogens is 223 g/mol. The molecule has 0 spiro atoms. The zero-order chi connectivity index (χ0) is 12.3. The van der Waals surface area contributed by atoms with Crippen molar-refractivity contribution >= 4 is 11.6 Å². The second kappa shape index (κ2) is 5.14. The van der Waals surface area contributed by atoms with Gasteiger partial charge in [0.25, 0.3) is 0 Å². The molecule has 0 fully saturated rings. The largest absolute Gasteiger partial charge is 0.489 e. The van der Waals surface area contributed by atoms with Crippen LogP contribution in [-0.4, -0.2) is 32.7 Å². The SMILES string of the molecule is CNCCC(=O)N1CCOc2cc(F)ccc21. The van der Waals surface area contributed by atoms with E-state index in [9.17, 15) is 9.18 Å². The van der Waals surface area contributed by atoms with Crippen LogP contribution in [0.4, 0.5) is 10.1 Å². The molecular formula is C12H15FN2O2. The number of hydrogen-bond acceptors (Lipinski definition) is 3. The highest BCUT2D eigenvalue weighted by molar-refractivity contribution is 5.95. The van der Waals surface area contributed by atoms with Crippen molar-refractivity contribution < 1.29 is 13.9 Å². The quantitative estimate of drug-likeness (QED) is 0.859. The van der Waals surface area contributed by atoms with Crippen molar-refractivity contribution in [2.75, 3.05) is 31.6 Å². The van der Waals surface area contributed by atoms with Crippen LogP contribution in [-0.2, 0) is 4.79 Å². The molecule has 0 aliphatic carbocycles. The fourth-order valence-corrected chi connectivity index (χ4v) is 1.82. The Balaban J connectivity index is 2.19. The standard InChI is InChI=1S/C12H15FN2O2/c1-14-5-4-12(16)15-6-7-17-11-8-9(13)2-3-10(11)15/h2-3,8,14H,4-7H2,1H3. The Morgan fingerprint density at radius 3 is 3.18 bits per heavy atom. The van der Waals surface area contributed by atoms with Crippen molar-refractivity contribution in [3.63, 3.8) is 0 Å². The summed E-state index contributed by atoms with van der Waals surface area (Å²) in [4.78, 5) is 13.6. The van der Waals surface area contributed by atoms with Gasteiger partial charge in [-0.2, -0.15) is 0 Å². The molecule has 0 atom stereocenters. The molecule has 4 nitrogen and oxygen atoms in total. The highest BCUT2D eigenvalue weighted by Gasteiger charge is 2.23. The van der Waals surface area contributed by atoms with Crippen molar-refractivity contribution in [3.8, 4) is 5.75 Å². The van der Waals surface area contributed by atoms with E-state index in [2.05, 4.69) is 5.32 Å². The molecule has 1 aromatic rings. The van der Waals surface area contributed by atoms with Gasteiger partial charge < -0.3 is 15.0 Å². The predicted molar refractivity (Wildman–Crippen MR) is 62.8 cm³/mol. The Morgan fingerprint density at radius 1 is 1.59 bits per heavy atom.